The van der Waals surface area contributed by atoms with Crippen molar-refractivity contribution in [2.24, 2.45) is 0 Å². The standard InChI is InChI=1S/C13H27N3O/c1-2-3-4-5-6-7-8-14-9-11-16-12-10-15-13(16)17/h14H,2-12H2,1H3,(H,15,17). The van der Waals surface area contributed by atoms with Gasteiger partial charge in [-0.1, -0.05) is 39.0 Å². The van der Waals surface area contributed by atoms with E-state index in [0.29, 0.717) is 0 Å². The van der Waals surface area contributed by atoms with E-state index in [1.807, 2.05) is 4.90 Å². The summed E-state index contributed by atoms with van der Waals surface area (Å²) >= 11 is 0. The molecule has 1 saturated heterocycles. The van der Waals surface area contributed by atoms with Gasteiger partial charge in [0.2, 0.25) is 0 Å². The lowest BCUT2D eigenvalue weighted by molar-refractivity contribution is 0.217. The van der Waals surface area contributed by atoms with Gasteiger partial charge in [0.1, 0.15) is 0 Å². The smallest absolute Gasteiger partial charge is 0.317 e. The highest BCUT2D eigenvalue weighted by Gasteiger charge is 2.17. The Morgan fingerprint density at radius 2 is 1.94 bits per heavy atom. The molecule has 4 heteroatoms. The van der Waals surface area contributed by atoms with Crippen LogP contribution in [0.5, 0.6) is 0 Å². The minimum atomic E-state index is 0.0892. The molecule has 2 amide bonds. The lowest BCUT2D eigenvalue weighted by atomic mass is 10.1. The molecule has 0 aromatic rings. The third-order valence-electron chi connectivity index (χ3n) is 3.21. The van der Waals surface area contributed by atoms with E-state index in [1.165, 1.54) is 38.5 Å². The van der Waals surface area contributed by atoms with E-state index in [2.05, 4.69) is 17.6 Å². The first-order valence-corrected chi connectivity index (χ1v) is 7.08. The van der Waals surface area contributed by atoms with Crippen LogP contribution in [-0.2, 0) is 0 Å². The minimum absolute atomic E-state index is 0.0892. The third kappa shape index (κ3) is 6.51. The molecule has 0 saturated carbocycles. The summed E-state index contributed by atoms with van der Waals surface area (Å²) in [5.74, 6) is 0. The average molecular weight is 241 g/mol. The van der Waals surface area contributed by atoms with Crippen LogP contribution in [0.25, 0.3) is 0 Å². The van der Waals surface area contributed by atoms with E-state index < -0.39 is 0 Å². The molecule has 0 aromatic heterocycles. The summed E-state index contributed by atoms with van der Waals surface area (Å²) in [6, 6.07) is 0.0892. The highest BCUT2D eigenvalue weighted by atomic mass is 16.2. The summed E-state index contributed by atoms with van der Waals surface area (Å²) in [7, 11) is 0. The van der Waals surface area contributed by atoms with Crippen LogP contribution in [0.1, 0.15) is 45.4 Å². The summed E-state index contributed by atoms with van der Waals surface area (Å²) in [6.45, 7) is 6.75. The summed E-state index contributed by atoms with van der Waals surface area (Å²) in [4.78, 5) is 13.1. The number of carbonyl (C=O) groups excluding carboxylic acids is 1. The Hall–Kier alpha value is -0.770. The number of amides is 2. The Kier molecular flexibility index (Phi) is 7.80. The first-order chi connectivity index (χ1) is 8.34. The van der Waals surface area contributed by atoms with Crippen molar-refractivity contribution in [2.75, 3.05) is 32.7 Å². The maximum absolute atomic E-state index is 11.2. The van der Waals surface area contributed by atoms with Crippen molar-refractivity contribution in [3.63, 3.8) is 0 Å². The fourth-order valence-corrected chi connectivity index (χ4v) is 2.09. The van der Waals surface area contributed by atoms with Gasteiger partial charge in [-0.25, -0.2) is 4.79 Å². The summed E-state index contributed by atoms with van der Waals surface area (Å²) in [5, 5.41) is 6.21. The lowest BCUT2D eigenvalue weighted by Gasteiger charge is -2.14. The molecule has 2 N–H and O–H groups in total. The molecule has 0 spiro atoms. The van der Waals surface area contributed by atoms with Crippen molar-refractivity contribution in [2.45, 2.75) is 45.4 Å². The van der Waals surface area contributed by atoms with Crippen molar-refractivity contribution in [3.05, 3.63) is 0 Å². The number of nitrogens with one attached hydrogen (secondary N) is 2. The summed E-state index contributed by atoms with van der Waals surface area (Å²) in [5.41, 5.74) is 0. The fourth-order valence-electron chi connectivity index (χ4n) is 2.09. The monoisotopic (exact) mass is 241 g/mol. The van der Waals surface area contributed by atoms with Crippen LogP contribution in [-0.4, -0.2) is 43.7 Å². The second kappa shape index (κ2) is 9.28. The number of rotatable bonds is 10. The summed E-state index contributed by atoms with van der Waals surface area (Å²) < 4.78 is 0. The molecule has 1 fully saturated rings. The lowest BCUT2D eigenvalue weighted by Crippen LogP contribution is -2.34. The minimum Gasteiger partial charge on any atom is -0.336 e. The van der Waals surface area contributed by atoms with Crippen LogP contribution >= 0.6 is 0 Å². The number of carbonyl (C=O) groups is 1. The molecule has 0 unspecified atom stereocenters. The molecule has 1 heterocycles. The highest BCUT2D eigenvalue weighted by Crippen LogP contribution is 2.04. The van der Waals surface area contributed by atoms with Gasteiger partial charge < -0.3 is 15.5 Å². The van der Waals surface area contributed by atoms with Crippen LogP contribution in [0.2, 0.25) is 0 Å². The number of urea groups is 1. The van der Waals surface area contributed by atoms with Gasteiger partial charge in [0, 0.05) is 26.2 Å². The molecule has 0 radical (unpaired) electrons. The molecule has 1 aliphatic rings. The highest BCUT2D eigenvalue weighted by molar-refractivity contribution is 5.76. The Morgan fingerprint density at radius 1 is 1.18 bits per heavy atom. The van der Waals surface area contributed by atoms with Crippen LogP contribution in [0.3, 0.4) is 0 Å². The first kappa shape index (κ1) is 14.3. The Balaban J connectivity index is 1.80. The largest absolute Gasteiger partial charge is 0.336 e. The Labute approximate surface area is 105 Å². The summed E-state index contributed by atoms with van der Waals surface area (Å²) in [6.07, 6.45) is 8.02. The number of hydrogen-bond acceptors (Lipinski definition) is 2. The topological polar surface area (TPSA) is 44.4 Å². The van der Waals surface area contributed by atoms with Gasteiger partial charge in [0.05, 0.1) is 0 Å². The normalized spacial score (nSPS) is 15.4. The molecule has 4 nitrogen and oxygen atoms in total. The van der Waals surface area contributed by atoms with Crippen LogP contribution in [0.4, 0.5) is 4.79 Å². The molecule has 0 atom stereocenters. The van der Waals surface area contributed by atoms with Crippen molar-refractivity contribution in [1.29, 1.82) is 0 Å². The fraction of sp³-hybridized carbons (Fsp3) is 0.923. The SMILES string of the molecule is CCCCCCCCNCCN1CCNC1=O. The van der Waals surface area contributed by atoms with Crippen molar-refractivity contribution in [1.82, 2.24) is 15.5 Å². The number of nitrogens with zero attached hydrogens (tertiary/aromatic N) is 1. The molecule has 100 valence electrons. The average Bonchev–Trinajstić information content (AvgIpc) is 2.73. The van der Waals surface area contributed by atoms with E-state index in [4.69, 9.17) is 0 Å². The molecular weight excluding hydrogens is 214 g/mol. The van der Waals surface area contributed by atoms with Gasteiger partial charge in [-0.15, -0.1) is 0 Å². The number of unbranched alkanes of at least 4 members (excludes halogenated alkanes) is 5. The second-order valence-corrected chi connectivity index (χ2v) is 4.74. The van der Waals surface area contributed by atoms with Gasteiger partial charge >= 0.3 is 6.03 Å². The van der Waals surface area contributed by atoms with Gasteiger partial charge in [0.25, 0.3) is 0 Å². The predicted octanol–water partition coefficient (Wildman–Crippen LogP) is 1.96. The van der Waals surface area contributed by atoms with E-state index in [1.54, 1.807) is 0 Å². The van der Waals surface area contributed by atoms with Gasteiger partial charge in [-0.3, -0.25) is 0 Å². The van der Waals surface area contributed by atoms with Crippen molar-refractivity contribution in [3.8, 4) is 0 Å². The van der Waals surface area contributed by atoms with Crippen LogP contribution in [0, 0.1) is 0 Å². The van der Waals surface area contributed by atoms with E-state index in [0.717, 1.165) is 32.7 Å². The molecule has 0 bridgehead atoms. The zero-order valence-corrected chi connectivity index (χ0v) is 11.1. The Morgan fingerprint density at radius 3 is 2.65 bits per heavy atom. The molecule has 17 heavy (non-hydrogen) atoms. The van der Waals surface area contributed by atoms with Gasteiger partial charge in [-0.05, 0) is 13.0 Å². The zero-order chi connectivity index (χ0) is 12.3. The van der Waals surface area contributed by atoms with Crippen molar-refractivity contribution < 1.29 is 4.79 Å². The molecular formula is C13H27N3O. The zero-order valence-electron chi connectivity index (χ0n) is 11.1. The van der Waals surface area contributed by atoms with Gasteiger partial charge in [-0.2, -0.15) is 0 Å². The van der Waals surface area contributed by atoms with Crippen LogP contribution < -0.4 is 10.6 Å². The molecule has 1 rings (SSSR count). The maximum Gasteiger partial charge on any atom is 0.317 e. The molecule has 0 aliphatic carbocycles. The number of hydrogen-bond donors (Lipinski definition) is 2. The third-order valence-corrected chi connectivity index (χ3v) is 3.21. The van der Waals surface area contributed by atoms with E-state index in [-0.39, 0.29) is 6.03 Å². The van der Waals surface area contributed by atoms with Gasteiger partial charge in [0.15, 0.2) is 0 Å². The van der Waals surface area contributed by atoms with Crippen LogP contribution in [0.15, 0.2) is 0 Å². The molecule has 0 aromatic carbocycles. The molecule has 1 aliphatic heterocycles. The second-order valence-electron chi connectivity index (χ2n) is 4.74. The quantitative estimate of drug-likeness (QED) is 0.574. The van der Waals surface area contributed by atoms with E-state index >= 15 is 0 Å². The Bertz CT molecular complexity index is 209. The first-order valence-electron chi connectivity index (χ1n) is 7.08. The maximum atomic E-state index is 11.2. The predicted molar refractivity (Wildman–Crippen MR) is 71.2 cm³/mol. The van der Waals surface area contributed by atoms with E-state index in [9.17, 15) is 4.79 Å². The van der Waals surface area contributed by atoms with Crippen molar-refractivity contribution >= 4 is 6.03 Å².